The van der Waals surface area contributed by atoms with Gasteiger partial charge in [-0.1, -0.05) is 36.4 Å². The molecule has 0 spiro atoms. The summed E-state index contributed by atoms with van der Waals surface area (Å²) in [5.74, 6) is 0.255. The lowest BCUT2D eigenvalue weighted by Crippen LogP contribution is -2.45. The van der Waals surface area contributed by atoms with Crippen molar-refractivity contribution in [1.29, 1.82) is 0 Å². The zero-order valence-electron chi connectivity index (χ0n) is 15.8. The van der Waals surface area contributed by atoms with Crippen molar-refractivity contribution in [3.63, 3.8) is 0 Å². The highest BCUT2D eigenvalue weighted by atomic mass is 32.1. The molecule has 3 rings (SSSR count). The number of benzene rings is 1. The number of anilines is 2. The summed E-state index contributed by atoms with van der Waals surface area (Å²) in [6.07, 6.45) is 2.00. The molecule has 1 aromatic carbocycles. The summed E-state index contributed by atoms with van der Waals surface area (Å²) in [7, 11) is 3.80. The normalized spacial score (nSPS) is 11.5. The Morgan fingerprint density at radius 1 is 1.07 bits per heavy atom. The molecule has 0 unspecified atom stereocenters. The van der Waals surface area contributed by atoms with E-state index in [1.54, 1.807) is 18.3 Å². The van der Waals surface area contributed by atoms with Gasteiger partial charge in [-0.3, -0.25) is 9.59 Å². The average molecular weight is 395 g/mol. The topological polar surface area (TPSA) is 74.3 Å². The first-order valence-corrected chi connectivity index (χ1v) is 9.73. The van der Waals surface area contributed by atoms with E-state index in [-0.39, 0.29) is 11.8 Å². The van der Waals surface area contributed by atoms with E-state index in [2.05, 4.69) is 15.6 Å². The molecule has 3 aromatic rings. The molecule has 1 atom stereocenters. The first-order chi connectivity index (χ1) is 13.5. The molecule has 0 saturated carbocycles. The summed E-state index contributed by atoms with van der Waals surface area (Å²) in [5.41, 5.74) is 1.55. The van der Waals surface area contributed by atoms with Gasteiger partial charge >= 0.3 is 0 Å². The number of nitrogens with one attached hydrogen (secondary N) is 2. The lowest BCUT2D eigenvalue weighted by atomic mass is 10.0. The molecule has 0 aliphatic heterocycles. The van der Waals surface area contributed by atoms with Crippen LogP contribution in [0.15, 0.2) is 66.2 Å². The van der Waals surface area contributed by atoms with Crippen molar-refractivity contribution < 1.29 is 9.59 Å². The summed E-state index contributed by atoms with van der Waals surface area (Å²) >= 11 is 1.34. The van der Waals surface area contributed by atoms with Crippen LogP contribution in [0.5, 0.6) is 0 Å². The molecule has 0 aliphatic rings. The van der Waals surface area contributed by atoms with Gasteiger partial charge in [0.05, 0.1) is 16.8 Å². The summed E-state index contributed by atoms with van der Waals surface area (Å²) in [5, 5.41) is 7.53. The monoisotopic (exact) mass is 394 g/mol. The number of rotatable bonds is 7. The van der Waals surface area contributed by atoms with E-state index in [0.717, 1.165) is 11.4 Å². The Morgan fingerprint density at radius 2 is 1.86 bits per heavy atom. The van der Waals surface area contributed by atoms with E-state index in [1.165, 1.54) is 11.3 Å². The first-order valence-electron chi connectivity index (χ1n) is 8.85. The van der Waals surface area contributed by atoms with Crippen LogP contribution in [0.3, 0.4) is 0 Å². The van der Waals surface area contributed by atoms with Gasteiger partial charge in [0.1, 0.15) is 11.9 Å². The molecule has 2 aromatic heterocycles. The molecule has 2 amide bonds. The highest BCUT2D eigenvalue weighted by Gasteiger charge is 2.22. The second kappa shape index (κ2) is 9.14. The minimum atomic E-state index is -0.703. The maximum absolute atomic E-state index is 12.9. The summed E-state index contributed by atoms with van der Waals surface area (Å²) in [6.45, 7) is 0. The first kappa shape index (κ1) is 19.6. The Hall–Kier alpha value is -3.19. The Balaban J connectivity index is 1.74. The van der Waals surface area contributed by atoms with Crippen LogP contribution in [-0.2, 0) is 11.2 Å². The molecule has 2 N–H and O–H groups in total. The molecular weight excluding hydrogens is 372 g/mol. The van der Waals surface area contributed by atoms with E-state index < -0.39 is 6.04 Å². The van der Waals surface area contributed by atoms with E-state index in [9.17, 15) is 9.59 Å². The van der Waals surface area contributed by atoms with Crippen molar-refractivity contribution in [3.8, 4) is 0 Å². The molecule has 0 bridgehead atoms. The smallest absolute Gasteiger partial charge is 0.262 e. The van der Waals surface area contributed by atoms with E-state index >= 15 is 0 Å². The van der Waals surface area contributed by atoms with Crippen LogP contribution in [0.4, 0.5) is 11.5 Å². The van der Waals surface area contributed by atoms with Gasteiger partial charge in [0.25, 0.3) is 5.91 Å². The lowest BCUT2D eigenvalue weighted by molar-refractivity contribution is -0.118. The maximum atomic E-state index is 12.9. The molecule has 0 radical (unpaired) electrons. The number of amides is 2. The second-order valence-electron chi connectivity index (χ2n) is 6.48. The minimum absolute atomic E-state index is 0.257. The van der Waals surface area contributed by atoms with Crippen LogP contribution in [0, 0.1) is 0 Å². The molecular formula is C21H22N4O2S. The molecule has 144 valence electrons. The fraction of sp³-hybridized carbons (Fsp3) is 0.190. The van der Waals surface area contributed by atoms with Gasteiger partial charge < -0.3 is 15.5 Å². The third-order valence-corrected chi connectivity index (χ3v) is 4.99. The molecule has 2 heterocycles. The van der Waals surface area contributed by atoms with Crippen molar-refractivity contribution in [2.24, 2.45) is 0 Å². The zero-order valence-corrected chi connectivity index (χ0v) is 16.6. The van der Waals surface area contributed by atoms with E-state index in [0.29, 0.717) is 17.0 Å². The van der Waals surface area contributed by atoms with Crippen molar-refractivity contribution in [1.82, 2.24) is 10.3 Å². The Kier molecular flexibility index (Phi) is 6.39. The van der Waals surface area contributed by atoms with Crippen molar-refractivity contribution in [3.05, 3.63) is 76.6 Å². The van der Waals surface area contributed by atoms with Gasteiger partial charge in [-0.2, -0.15) is 0 Å². The minimum Gasteiger partial charge on any atom is -0.363 e. The predicted molar refractivity (Wildman–Crippen MR) is 113 cm³/mol. The van der Waals surface area contributed by atoms with Gasteiger partial charge in [-0.05, 0) is 29.1 Å². The number of hydrogen-bond acceptors (Lipinski definition) is 5. The van der Waals surface area contributed by atoms with Crippen molar-refractivity contribution in [2.45, 2.75) is 12.5 Å². The number of carbonyl (C=O) groups excluding carboxylic acids is 2. The molecule has 0 aliphatic carbocycles. The maximum Gasteiger partial charge on any atom is 0.262 e. The summed E-state index contributed by atoms with van der Waals surface area (Å²) in [4.78, 5) is 32.1. The average Bonchev–Trinajstić information content (AvgIpc) is 3.23. The van der Waals surface area contributed by atoms with Crippen LogP contribution in [0.1, 0.15) is 15.2 Å². The number of pyridine rings is 1. The molecule has 0 saturated heterocycles. The number of hydrogen-bond donors (Lipinski definition) is 2. The highest BCUT2D eigenvalue weighted by molar-refractivity contribution is 7.12. The summed E-state index contributed by atoms with van der Waals surface area (Å²) in [6, 6.07) is 16.1. The van der Waals surface area contributed by atoms with E-state index in [1.807, 2.05) is 66.8 Å². The van der Waals surface area contributed by atoms with Gasteiger partial charge in [0.15, 0.2) is 0 Å². The summed E-state index contributed by atoms with van der Waals surface area (Å²) < 4.78 is 0. The third-order valence-electron chi connectivity index (χ3n) is 4.12. The number of nitrogens with zero attached hydrogens (tertiary/aromatic N) is 2. The number of aromatic nitrogens is 1. The molecule has 7 heteroatoms. The van der Waals surface area contributed by atoms with Gasteiger partial charge in [-0.15, -0.1) is 11.3 Å². The van der Waals surface area contributed by atoms with Crippen LogP contribution in [0.2, 0.25) is 0 Å². The van der Waals surface area contributed by atoms with Gasteiger partial charge in [0, 0.05) is 20.5 Å². The van der Waals surface area contributed by atoms with Crippen LogP contribution < -0.4 is 15.5 Å². The quantitative estimate of drug-likeness (QED) is 0.645. The third kappa shape index (κ3) is 5.17. The molecule has 28 heavy (non-hydrogen) atoms. The van der Waals surface area contributed by atoms with Gasteiger partial charge in [0.2, 0.25) is 5.91 Å². The van der Waals surface area contributed by atoms with Crippen molar-refractivity contribution >= 4 is 34.7 Å². The van der Waals surface area contributed by atoms with Gasteiger partial charge in [-0.25, -0.2) is 4.98 Å². The van der Waals surface area contributed by atoms with Crippen LogP contribution >= 0.6 is 11.3 Å². The lowest BCUT2D eigenvalue weighted by Gasteiger charge is -2.19. The standard InChI is InChI=1S/C21H22N4O2S/c1-25(2)19-11-10-16(14-22-19)23-20(26)17(13-15-7-4-3-5-8-15)24-21(27)18-9-6-12-28-18/h3-12,14,17H,13H2,1-2H3,(H,23,26)(H,24,27)/t17-/m1/s1. The Bertz CT molecular complexity index is 909. The van der Waals surface area contributed by atoms with E-state index in [4.69, 9.17) is 0 Å². The molecule has 0 fully saturated rings. The van der Waals surface area contributed by atoms with Crippen LogP contribution in [-0.4, -0.2) is 36.9 Å². The fourth-order valence-corrected chi connectivity index (χ4v) is 3.28. The highest BCUT2D eigenvalue weighted by Crippen LogP contribution is 2.14. The number of carbonyl (C=O) groups is 2. The SMILES string of the molecule is CN(C)c1ccc(NC(=O)[C@@H](Cc2ccccc2)NC(=O)c2cccs2)cn1. The molecule has 6 nitrogen and oxygen atoms in total. The van der Waals surface area contributed by atoms with Crippen LogP contribution in [0.25, 0.3) is 0 Å². The van der Waals surface area contributed by atoms with Crippen molar-refractivity contribution in [2.75, 3.05) is 24.3 Å². The zero-order chi connectivity index (χ0) is 19.9. The predicted octanol–water partition coefficient (Wildman–Crippen LogP) is 3.19. The Morgan fingerprint density at radius 3 is 2.46 bits per heavy atom. The second-order valence-corrected chi connectivity index (χ2v) is 7.43. The largest absolute Gasteiger partial charge is 0.363 e. The number of thiophene rings is 1. The fourth-order valence-electron chi connectivity index (χ4n) is 2.65. The Labute approximate surface area is 168 Å².